The van der Waals surface area contributed by atoms with Gasteiger partial charge in [0.15, 0.2) is 17.5 Å². The molecule has 4 aromatic heterocycles. The third-order valence-electron chi connectivity index (χ3n) is 11.7. The van der Waals surface area contributed by atoms with Crippen molar-refractivity contribution in [3.8, 4) is 66.2 Å². The molecular weight excluding hydrogens is 731 g/mol. The second-order valence-corrected chi connectivity index (χ2v) is 16.6. The number of thiophene rings is 1. The number of fused-ring (bicyclic) bond motifs is 9. The number of rotatable bonds is 5. The summed E-state index contributed by atoms with van der Waals surface area (Å²) in [7, 11) is 0. The highest BCUT2D eigenvalue weighted by atomic mass is 32.1. The predicted octanol–water partition coefficient (Wildman–Crippen LogP) is 14.4. The van der Waals surface area contributed by atoms with E-state index in [1.165, 1.54) is 37.6 Å². The maximum atomic E-state index is 6.31. The predicted molar refractivity (Wildman–Crippen MR) is 237 cm³/mol. The molecule has 58 heavy (non-hydrogen) atoms. The van der Waals surface area contributed by atoms with Crippen LogP contribution in [0.2, 0.25) is 0 Å². The lowest BCUT2D eigenvalue weighted by atomic mass is 9.79. The van der Waals surface area contributed by atoms with E-state index in [2.05, 4.69) is 129 Å². The summed E-state index contributed by atoms with van der Waals surface area (Å²) in [5.41, 5.74) is 13.4. The number of hydrogen-bond acceptors (Lipinski definition) is 6. The third-order valence-corrected chi connectivity index (χ3v) is 13.0. The average molecular weight is 764 g/mol. The van der Waals surface area contributed by atoms with Crippen molar-refractivity contribution in [2.45, 2.75) is 19.3 Å². The molecule has 0 N–H and O–H groups in total. The summed E-state index contributed by atoms with van der Waals surface area (Å²) in [5, 5.41) is 4.27. The van der Waals surface area contributed by atoms with Crippen LogP contribution in [0, 0.1) is 0 Å². The molecule has 274 valence electrons. The molecule has 11 aromatic rings. The second kappa shape index (κ2) is 12.4. The molecule has 0 spiro atoms. The van der Waals surface area contributed by atoms with E-state index in [1.807, 2.05) is 59.9 Å². The average Bonchev–Trinajstić information content (AvgIpc) is 4.02. The molecular formula is C52H33N3O2S. The first-order chi connectivity index (χ1) is 28.5. The molecule has 0 saturated heterocycles. The van der Waals surface area contributed by atoms with Crippen molar-refractivity contribution in [1.29, 1.82) is 0 Å². The highest BCUT2D eigenvalue weighted by molar-refractivity contribution is 7.20. The highest BCUT2D eigenvalue weighted by Crippen LogP contribution is 2.59. The first-order valence-electron chi connectivity index (χ1n) is 19.5. The molecule has 5 nitrogen and oxygen atoms in total. The first kappa shape index (κ1) is 33.0. The molecule has 0 bridgehead atoms. The van der Waals surface area contributed by atoms with Crippen LogP contribution >= 0.6 is 11.3 Å². The monoisotopic (exact) mass is 763 g/mol. The Bertz CT molecular complexity index is 3310. The van der Waals surface area contributed by atoms with Gasteiger partial charge in [-0.25, -0.2) is 15.0 Å². The molecule has 7 aromatic carbocycles. The van der Waals surface area contributed by atoms with Crippen LogP contribution in [0.4, 0.5) is 0 Å². The largest absolute Gasteiger partial charge is 0.456 e. The molecule has 0 fully saturated rings. The maximum Gasteiger partial charge on any atom is 0.164 e. The van der Waals surface area contributed by atoms with E-state index in [9.17, 15) is 0 Å². The molecule has 4 heterocycles. The minimum atomic E-state index is -0.149. The van der Waals surface area contributed by atoms with E-state index in [4.69, 9.17) is 23.8 Å². The lowest BCUT2D eigenvalue weighted by molar-refractivity contribution is 0.663. The standard InChI is InChI=1S/C52H33N3O2S/c1-52(2)40-20-9-6-19-39(40)48-46(52)45(30-13-4-3-5-14-30)47(58-48)31-15-12-16-32(27-31)49-53-50(33-23-25-37-35-17-7-10-21-41(35)56-43(37)28-33)55-51(54-49)34-24-26-38-36-18-8-11-22-42(36)57-44(38)29-34/h3-29H,1-2H3. The number of para-hydroxylation sites is 2. The van der Waals surface area contributed by atoms with Crippen LogP contribution in [-0.4, -0.2) is 15.0 Å². The minimum absolute atomic E-state index is 0.149. The van der Waals surface area contributed by atoms with Gasteiger partial charge >= 0.3 is 0 Å². The number of nitrogens with zero attached hydrogens (tertiary/aromatic N) is 3. The summed E-state index contributed by atoms with van der Waals surface area (Å²) in [6, 6.07) is 57.0. The Balaban J connectivity index is 1.05. The molecule has 0 aliphatic heterocycles. The van der Waals surface area contributed by atoms with E-state index in [1.54, 1.807) is 0 Å². The zero-order valence-corrected chi connectivity index (χ0v) is 32.5. The summed E-state index contributed by atoms with van der Waals surface area (Å²) < 4.78 is 12.6. The van der Waals surface area contributed by atoms with Crippen LogP contribution in [0.5, 0.6) is 0 Å². The number of benzene rings is 7. The van der Waals surface area contributed by atoms with Crippen molar-refractivity contribution in [2.24, 2.45) is 0 Å². The van der Waals surface area contributed by atoms with Gasteiger partial charge in [-0.15, -0.1) is 11.3 Å². The Kier molecular flexibility index (Phi) is 7.08. The Hall–Kier alpha value is -7.15. The molecule has 0 unspecified atom stereocenters. The van der Waals surface area contributed by atoms with Gasteiger partial charge in [0, 0.05) is 59.0 Å². The van der Waals surface area contributed by atoms with Gasteiger partial charge in [0.05, 0.1) is 0 Å². The molecule has 1 aliphatic rings. The van der Waals surface area contributed by atoms with Crippen molar-refractivity contribution in [1.82, 2.24) is 15.0 Å². The van der Waals surface area contributed by atoms with E-state index < -0.39 is 0 Å². The summed E-state index contributed by atoms with van der Waals surface area (Å²) >= 11 is 1.88. The fraction of sp³-hybridized carbons (Fsp3) is 0.0577. The second-order valence-electron chi connectivity index (χ2n) is 15.6. The highest BCUT2D eigenvalue weighted by Gasteiger charge is 2.40. The van der Waals surface area contributed by atoms with Crippen LogP contribution in [0.3, 0.4) is 0 Å². The van der Waals surface area contributed by atoms with Crippen molar-refractivity contribution < 1.29 is 8.83 Å². The molecule has 0 amide bonds. The molecule has 0 atom stereocenters. The summed E-state index contributed by atoms with van der Waals surface area (Å²) in [5.74, 6) is 1.72. The number of aromatic nitrogens is 3. The SMILES string of the molecule is CC1(C)c2ccccc2-c2sc(-c3cccc(-c4nc(-c5ccc6c(c5)oc5ccccc56)nc(-c5ccc6c(c5)oc5ccccc56)n4)c3)c(-c3ccccc3)c21. The summed E-state index contributed by atoms with van der Waals surface area (Å²) in [6.07, 6.45) is 0. The Morgan fingerprint density at radius 3 is 1.55 bits per heavy atom. The van der Waals surface area contributed by atoms with Crippen LogP contribution in [0.15, 0.2) is 173 Å². The third kappa shape index (κ3) is 4.98. The maximum absolute atomic E-state index is 6.31. The van der Waals surface area contributed by atoms with Gasteiger partial charge in [-0.05, 0) is 70.3 Å². The zero-order valence-electron chi connectivity index (χ0n) is 31.7. The molecule has 12 rings (SSSR count). The van der Waals surface area contributed by atoms with Gasteiger partial charge in [0.2, 0.25) is 0 Å². The molecule has 0 saturated carbocycles. The van der Waals surface area contributed by atoms with E-state index in [0.717, 1.165) is 66.1 Å². The van der Waals surface area contributed by atoms with E-state index in [0.29, 0.717) is 17.5 Å². The van der Waals surface area contributed by atoms with Crippen LogP contribution < -0.4 is 0 Å². The number of furan rings is 2. The van der Waals surface area contributed by atoms with Crippen molar-refractivity contribution in [2.75, 3.05) is 0 Å². The lowest BCUT2D eigenvalue weighted by Gasteiger charge is -2.23. The first-order valence-corrected chi connectivity index (χ1v) is 20.3. The number of hydrogen-bond donors (Lipinski definition) is 0. The van der Waals surface area contributed by atoms with Crippen molar-refractivity contribution in [3.63, 3.8) is 0 Å². The molecule has 6 heteroatoms. The van der Waals surface area contributed by atoms with Gasteiger partial charge in [-0.3, -0.25) is 0 Å². The van der Waals surface area contributed by atoms with Crippen LogP contribution in [0.25, 0.3) is 110 Å². The van der Waals surface area contributed by atoms with Gasteiger partial charge in [0.1, 0.15) is 22.3 Å². The van der Waals surface area contributed by atoms with Crippen LogP contribution in [-0.2, 0) is 5.41 Å². The summed E-state index contributed by atoms with van der Waals surface area (Å²) in [4.78, 5) is 18.1. The molecule has 1 aliphatic carbocycles. The van der Waals surface area contributed by atoms with E-state index in [-0.39, 0.29) is 5.41 Å². The fourth-order valence-electron chi connectivity index (χ4n) is 8.95. The van der Waals surface area contributed by atoms with Crippen LogP contribution in [0.1, 0.15) is 25.0 Å². The van der Waals surface area contributed by atoms with Gasteiger partial charge < -0.3 is 8.83 Å². The topological polar surface area (TPSA) is 65.0 Å². The normalized spacial score (nSPS) is 13.1. The smallest absolute Gasteiger partial charge is 0.164 e. The van der Waals surface area contributed by atoms with Gasteiger partial charge in [0.25, 0.3) is 0 Å². The molecule has 0 radical (unpaired) electrons. The zero-order chi connectivity index (χ0) is 38.5. The van der Waals surface area contributed by atoms with Gasteiger partial charge in [-0.2, -0.15) is 0 Å². The van der Waals surface area contributed by atoms with Crippen molar-refractivity contribution >= 4 is 55.2 Å². The quantitative estimate of drug-likeness (QED) is 0.175. The minimum Gasteiger partial charge on any atom is -0.456 e. The van der Waals surface area contributed by atoms with Crippen molar-refractivity contribution in [3.05, 3.63) is 175 Å². The Morgan fingerprint density at radius 1 is 0.414 bits per heavy atom. The lowest BCUT2D eigenvalue weighted by Crippen LogP contribution is -2.15. The fourth-order valence-corrected chi connectivity index (χ4v) is 10.5. The summed E-state index contributed by atoms with van der Waals surface area (Å²) in [6.45, 7) is 4.71. The Labute approximate surface area is 337 Å². The van der Waals surface area contributed by atoms with Gasteiger partial charge in [-0.1, -0.05) is 135 Å². The van der Waals surface area contributed by atoms with E-state index >= 15 is 0 Å². The Morgan fingerprint density at radius 2 is 0.914 bits per heavy atom.